The molecule has 214 valence electrons. The molecule has 9 nitrogen and oxygen atoms in total. The smallest absolute Gasteiger partial charge is 0.423 e. The minimum Gasteiger partial charge on any atom is -0.491 e. The number of nitrogen functional groups attached to an aromatic ring is 1. The van der Waals surface area contributed by atoms with E-state index in [1.165, 1.54) is 5.56 Å². The zero-order valence-corrected chi connectivity index (χ0v) is 23.4. The fourth-order valence-corrected chi connectivity index (χ4v) is 4.45. The predicted molar refractivity (Wildman–Crippen MR) is 149 cm³/mol. The fourth-order valence-electron chi connectivity index (χ4n) is 4.10. The summed E-state index contributed by atoms with van der Waals surface area (Å²) in [5.41, 5.74) is 8.35. The third-order valence-corrected chi connectivity index (χ3v) is 7.63. The summed E-state index contributed by atoms with van der Waals surface area (Å²) >= 11 is 0. The molecule has 2 aromatic carbocycles. The number of alkyl halides is 2. The van der Waals surface area contributed by atoms with Gasteiger partial charge >= 0.3 is 13.3 Å². The van der Waals surface area contributed by atoms with Gasteiger partial charge in [-0.3, -0.25) is 9.55 Å². The quantitative estimate of drug-likeness (QED) is 0.0658. The number of aryl methyl sites for hydroxylation is 4. The van der Waals surface area contributed by atoms with Gasteiger partial charge in [0.05, 0.1) is 18.7 Å². The van der Waals surface area contributed by atoms with Gasteiger partial charge in [-0.05, 0) is 73.2 Å². The van der Waals surface area contributed by atoms with Gasteiger partial charge in [0, 0.05) is 23.9 Å². The SMILES string of the molecule is Cc1ccc2c(c1)nc(N)c1ncc(CCc3ccc(OCCOCCOOP(=O)(O)C(C)(F)F)cc3C)cc12. The Morgan fingerprint density at radius 2 is 1.77 bits per heavy atom. The number of rotatable bonds is 13. The Balaban J connectivity index is 1.25. The lowest BCUT2D eigenvalue weighted by Crippen LogP contribution is -2.15. The number of aromatic nitrogens is 2. The Morgan fingerprint density at radius 3 is 2.52 bits per heavy atom. The third-order valence-electron chi connectivity index (χ3n) is 6.33. The summed E-state index contributed by atoms with van der Waals surface area (Å²) in [4.78, 5) is 22.5. The highest BCUT2D eigenvalue weighted by Crippen LogP contribution is 2.57. The fraction of sp³-hybridized carbons (Fsp3) is 0.357. The van der Waals surface area contributed by atoms with Gasteiger partial charge in [0.1, 0.15) is 24.5 Å². The van der Waals surface area contributed by atoms with E-state index in [4.69, 9.17) is 20.1 Å². The Bertz CT molecular complexity index is 1550. The maximum absolute atomic E-state index is 12.9. The molecule has 0 aliphatic rings. The van der Waals surface area contributed by atoms with Crippen LogP contribution >= 0.6 is 7.60 Å². The summed E-state index contributed by atoms with van der Waals surface area (Å²) in [7, 11) is -5.18. The lowest BCUT2D eigenvalue weighted by molar-refractivity contribution is -0.228. The first kappa shape index (κ1) is 29.8. The van der Waals surface area contributed by atoms with Crippen molar-refractivity contribution in [2.45, 2.75) is 39.3 Å². The molecular formula is C28H32F2N3O6P. The molecule has 0 aliphatic carbocycles. The van der Waals surface area contributed by atoms with Gasteiger partial charge in [-0.15, -0.1) is 4.67 Å². The number of nitrogens with zero attached hydrogens (tertiary/aromatic N) is 2. The first-order valence-corrected chi connectivity index (χ1v) is 14.3. The van der Waals surface area contributed by atoms with Crippen molar-refractivity contribution in [1.82, 2.24) is 9.97 Å². The predicted octanol–water partition coefficient (Wildman–Crippen LogP) is 5.91. The van der Waals surface area contributed by atoms with E-state index in [2.05, 4.69) is 37.7 Å². The molecule has 0 bridgehead atoms. The number of ether oxygens (including phenoxy) is 2. The molecule has 0 radical (unpaired) electrons. The average molecular weight is 576 g/mol. The van der Waals surface area contributed by atoms with Crippen molar-refractivity contribution in [3.05, 3.63) is 70.9 Å². The highest BCUT2D eigenvalue weighted by Gasteiger charge is 2.47. The zero-order valence-electron chi connectivity index (χ0n) is 22.5. The average Bonchev–Trinajstić information content (AvgIpc) is 2.88. The lowest BCUT2D eigenvalue weighted by atomic mass is 9.99. The molecule has 2 heterocycles. The molecule has 40 heavy (non-hydrogen) atoms. The van der Waals surface area contributed by atoms with Crippen molar-refractivity contribution >= 4 is 35.2 Å². The molecule has 0 saturated heterocycles. The van der Waals surface area contributed by atoms with Crippen molar-refractivity contribution in [2.75, 3.05) is 32.2 Å². The minimum atomic E-state index is -5.18. The van der Waals surface area contributed by atoms with E-state index in [-0.39, 0.29) is 33.4 Å². The van der Waals surface area contributed by atoms with Gasteiger partial charge in [-0.1, -0.05) is 18.2 Å². The van der Waals surface area contributed by atoms with Crippen molar-refractivity contribution in [3.8, 4) is 5.75 Å². The molecule has 4 rings (SSSR count). The van der Waals surface area contributed by atoms with Crippen LogP contribution in [0.3, 0.4) is 0 Å². The van der Waals surface area contributed by atoms with Gasteiger partial charge < -0.3 is 20.1 Å². The third kappa shape index (κ3) is 7.30. The van der Waals surface area contributed by atoms with E-state index in [9.17, 15) is 13.3 Å². The van der Waals surface area contributed by atoms with Crippen LogP contribution in [-0.2, 0) is 31.7 Å². The summed E-state index contributed by atoms with van der Waals surface area (Å²) in [6.45, 7) is 4.46. The Kier molecular flexibility index (Phi) is 9.33. The molecule has 0 spiro atoms. The second-order valence-electron chi connectivity index (χ2n) is 9.57. The summed E-state index contributed by atoms with van der Waals surface area (Å²) < 4.78 is 51.8. The van der Waals surface area contributed by atoms with Crippen molar-refractivity contribution in [1.29, 1.82) is 0 Å². The zero-order chi connectivity index (χ0) is 28.9. The number of fused-ring (bicyclic) bond motifs is 3. The first-order chi connectivity index (χ1) is 18.9. The topological polar surface area (TPSA) is 126 Å². The van der Waals surface area contributed by atoms with E-state index in [0.717, 1.165) is 45.8 Å². The largest absolute Gasteiger partial charge is 0.491 e. The molecule has 12 heteroatoms. The van der Waals surface area contributed by atoms with Crippen LogP contribution in [0.2, 0.25) is 0 Å². The van der Waals surface area contributed by atoms with Gasteiger partial charge in [-0.25, -0.2) is 9.87 Å². The van der Waals surface area contributed by atoms with E-state index in [1.54, 1.807) is 0 Å². The van der Waals surface area contributed by atoms with Crippen molar-refractivity contribution < 1.29 is 37.3 Å². The molecule has 0 fully saturated rings. The van der Waals surface area contributed by atoms with Crippen LogP contribution < -0.4 is 10.5 Å². The summed E-state index contributed by atoms with van der Waals surface area (Å²) in [6.07, 6.45) is 3.49. The van der Waals surface area contributed by atoms with Crippen molar-refractivity contribution in [2.24, 2.45) is 0 Å². The van der Waals surface area contributed by atoms with Crippen LogP contribution in [0.1, 0.15) is 29.2 Å². The molecule has 2 aromatic heterocycles. The number of anilines is 1. The number of halogens is 2. The molecule has 0 saturated carbocycles. The Labute approximate surface area is 230 Å². The van der Waals surface area contributed by atoms with Crippen molar-refractivity contribution in [3.63, 3.8) is 0 Å². The molecule has 3 N–H and O–H groups in total. The number of benzene rings is 2. The lowest BCUT2D eigenvalue weighted by Gasteiger charge is -2.16. The van der Waals surface area contributed by atoms with E-state index < -0.39 is 13.3 Å². The van der Waals surface area contributed by atoms with E-state index in [1.807, 2.05) is 44.3 Å². The van der Waals surface area contributed by atoms with Crippen LogP contribution in [0.15, 0.2) is 48.7 Å². The van der Waals surface area contributed by atoms with Crippen LogP contribution in [0, 0.1) is 13.8 Å². The maximum atomic E-state index is 12.9. The molecule has 1 unspecified atom stereocenters. The number of nitrogens with two attached hydrogens (primary N) is 1. The highest BCUT2D eigenvalue weighted by molar-refractivity contribution is 7.53. The second-order valence-corrected chi connectivity index (χ2v) is 11.5. The first-order valence-electron chi connectivity index (χ1n) is 12.7. The molecule has 4 aromatic rings. The second kappa shape index (κ2) is 12.5. The number of pyridine rings is 2. The standard InChI is InChI=1S/C28H32F2N3O6P/c1-18-4-9-23-24-16-20(17-32-26(24)27(31)33-25(23)14-18)5-6-21-7-8-22(15-19(21)2)37-12-10-36-11-13-38-39-40(34,35)28(3,29)30/h4,7-9,14-17H,5-6,10-13H2,1-3H3,(H2,31,33)(H,34,35). The molecule has 0 amide bonds. The molecule has 0 aliphatic heterocycles. The van der Waals surface area contributed by atoms with Gasteiger partial charge in [0.25, 0.3) is 0 Å². The monoisotopic (exact) mass is 575 g/mol. The van der Waals surface area contributed by atoms with Crippen LogP contribution in [0.25, 0.3) is 21.8 Å². The summed E-state index contributed by atoms with van der Waals surface area (Å²) in [6, 6.07) is 14.2. The molecular weight excluding hydrogens is 543 g/mol. The maximum Gasteiger partial charge on any atom is 0.423 e. The van der Waals surface area contributed by atoms with Crippen LogP contribution in [-0.4, -0.2) is 47.0 Å². The van der Waals surface area contributed by atoms with E-state index in [0.29, 0.717) is 17.1 Å². The van der Waals surface area contributed by atoms with E-state index >= 15 is 0 Å². The Morgan fingerprint density at radius 1 is 1.00 bits per heavy atom. The van der Waals surface area contributed by atoms with Gasteiger partial charge in [-0.2, -0.15) is 8.78 Å². The summed E-state index contributed by atoms with van der Waals surface area (Å²) in [5.74, 6) is 1.12. The Hall–Kier alpha value is -3.21. The van der Waals surface area contributed by atoms with Gasteiger partial charge in [0.15, 0.2) is 5.82 Å². The normalized spacial score (nSPS) is 13.6. The minimum absolute atomic E-state index is 0.0290. The molecule has 1 atom stereocenters. The number of hydrogen-bond donors (Lipinski definition) is 2. The van der Waals surface area contributed by atoms with Crippen LogP contribution in [0.5, 0.6) is 5.75 Å². The van der Waals surface area contributed by atoms with Crippen LogP contribution in [0.4, 0.5) is 14.6 Å². The summed E-state index contributed by atoms with van der Waals surface area (Å²) in [5, 5.41) is 2.03. The number of hydrogen-bond acceptors (Lipinski definition) is 8. The highest BCUT2D eigenvalue weighted by atomic mass is 31.2. The van der Waals surface area contributed by atoms with Gasteiger partial charge in [0.2, 0.25) is 0 Å².